The molecule has 3 nitrogen and oxygen atoms in total. The van der Waals surface area contributed by atoms with Gasteiger partial charge in [0.05, 0.1) is 0 Å². The Bertz CT molecular complexity index is 562. The zero-order chi connectivity index (χ0) is 14.5. The van der Waals surface area contributed by atoms with E-state index in [4.69, 9.17) is 10.2 Å². The molecule has 2 rings (SSSR count). The van der Waals surface area contributed by atoms with Gasteiger partial charge in [-0.3, -0.25) is 0 Å². The molecule has 2 aromatic rings. The van der Waals surface area contributed by atoms with Crippen LogP contribution in [0.4, 0.5) is 8.78 Å². The second-order valence-electron chi connectivity index (χ2n) is 4.50. The highest BCUT2D eigenvalue weighted by Crippen LogP contribution is 2.21. The van der Waals surface area contributed by atoms with Crippen molar-refractivity contribution in [1.29, 1.82) is 0 Å². The number of phenols is 2. The lowest BCUT2D eigenvalue weighted by molar-refractivity contribution is 0.395. The molecule has 0 aliphatic heterocycles. The van der Waals surface area contributed by atoms with Gasteiger partial charge >= 0.3 is 0 Å². The smallest absolute Gasteiger partial charge is 0.187 e. The van der Waals surface area contributed by atoms with E-state index in [9.17, 15) is 8.78 Å². The van der Waals surface area contributed by atoms with E-state index in [1.807, 2.05) is 12.1 Å². The van der Waals surface area contributed by atoms with E-state index in [0.29, 0.717) is 18.7 Å². The minimum Gasteiger partial charge on any atom is -0.508 e. The molecule has 0 unspecified atom stereocenters. The summed E-state index contributed by atoms with van der Waals surface area (Å²) in [5, 5.41) is 21.2. The highest BCUT2D eigenvalue weighted by Gasteiger charge is 2.08. The van der Waals surface area contributed by atoms with E-state index in [-0.39, 0.29) is 5.75 Å². The number of phenolic OH excluding ortho intramolecular Hbond substituents is 2. The number of benzene rings is 2. The summed E-state index contributed by atoms with van der Waals surface area (Å²) in [6, 6.07) is 9.06. The summed E-state index contributed by atoms with van der Waals surface area (Å²) in [6.45, 7) is 0.946. The fourth-order valence-electron chi connectivity index (χ4n) is 1.85. The highest BCUT2D eigenvalue weighted by molar-refractivity contribution is 5.30. The number of aromatic hydroxyl groups is 2. The zero-order valence-corrected chi connectivity index (χ0v) is 10.7. The molecule has 0 radical (unpaired) electrons. The van der Waals surface area contributed by atoms with Crippen molar-refractivity contribution in [3.8, 4) is 11.5 Å². The van der Waals surface area contributed by atoms with Crippen LogP contribution < -0.4 is 5.32 Å². The Morgan fingerprint density at radius 1 is 0.900 bits per heavy atom. The van der Waals surface area contributed by atoms with Gasteiger partial charge in [0.15, 0.2) is 17.4 Å². The molecule has 0 spiro atoms. The van der Waals surface area contributed by atoms with E-state index in [0.717, 1.165) is 24.1 Å². The summed E-state index contributed by atoms with van der Waals surface area (Å²) < 4.78 is 26.2. The predicted molar refractivity (Wildman–Crippen MR) is 71.5 cm³/mol. The van der Waals surface area contributed by atoms with Crippen LogP contribution in [0.3, 0.4) is 0 Å². The van der Waals surface area contributed by atoms with Gasteiger partial charge < -0.3 is 15.5 Å². The molecule has 0 aromatic heterocycles. The largest absolute Gasteiger partial charge is 0.508 e. The Balaban J connectivity index is 1.83. The van der Waals surface area contributed by atoms with Crippen molar-refractivity contribution >= 4 is 0 Å². The predicted octanol–water partition coefficient (Wildman–Crippen LogP) is 2.71. The van der Waals surface area contributed by atoms with Crippen molar-refractivity contribution in [3.63, 3.8) is 0 Å². The maximum Gasteiger partial charge on any atom is 0.187 e. The first-order chi connectivity index (χ1) is 9.56. The summed E-state index contributed by atoms with van der Waals surface area (Å²) in [6.07, 6.45) is 0.739. The summed E-state index contributed by atoms with van der Waals surface area (Å²) >= 11 is 0. The minimum atomic E-state index is -0.958. The molecular weight excluding hydrogens is 264 g/mol. The third kappa shape index (κ3) is 3.68. The molecule has 0 aliphatic rings. The van der Waals surface area contributed by atoms with Crippen LogP contribution >= 0.6 is 0 Å². The molecule has 0 bridgehead atoms. The number of halogens is 2. The maximum atomic E-state index is 13.1. The third-order valence-electron chi connectivity index (χ3n) is 2.93. The molecule has 0 aliphatic carbocycles. The van der Waals surface area contributed by atoms with Gasteiger partial charge in [0, 0.05) is 6.54 Å². The van der Waals surface area contributed by atoms with Crippen molar-refractivity contribution in [1.82, 2.24) is 5.32 Å². The average molecular weight is 279 g/mol. The Morgan fingerprint density at radius 2 is 1.50 bits per heavy atom. The Labute approximate surface area is 115 Å². The molecule has 0 amide bonds. The van der Waals surface area contributed by atoms with E-state index in [1.54, 1.807) is 12.1 Å². The van der Waals surface area contributed by atoms with Gasteiger partial charge in [0.1, 0.15) is 5.75 Å². The SMILES string of the molecule is Oc1ccc(CCNCc2cc(F)c(O)c(F)c2)cc1. The summed E-state index contributed by atoms with van der Waals surface area (Å²) in [5.74, 6) is -2.64. The van der Waals surface area contributed by atoms with Crippen LogP contribution in [-0.2, 0) is 13.0 Å². The van der Waals surface area contributed by atoms with Crippen LogP contribution in [0.5, 0.6) is 11.5 Å². The lowest BCUT2D eigenvalue weighted by atomic mass is 10.1. The van der Waals surface area contributed by atoms with E-state index in [1.165, 1.54) is 0 Å². The summed E-state index contributed by atoms with van der Waals surface area (Å²) in [4.78, 5) is 0. The molecule has 0 saturated carbocycles. The van der Waals surface area contributed by atoms with E-state index in [2.05, 4.69) is 5.32 Å². The molecule has 0 fully saturated rings. The second-order valence-corrected chi connectivity index (χ2v) is 4.50. The molecule has 5 heteroatoms. The number of rotatable bonds is 5. The fraction of sp³-hybridized carbons (Fsp3) is 0.200. The average Bonchev–Trinajstić information content (AvgIpc) is 2.43. The lowest BCUT2D eigenvalue weighted by Crippen LogP contribution is -2.16. The van der Waals surface area contributed by atoms with Gasteiger partial charge in [-0.05, 0) is 48.4 Å². The van der Waals surface area contributed by atoms with Crippen molar-refractivity contribution in [2.75, 3.05) is 6.54 Å². The Morgan fingerprint density at radius 3 is 2.10 bits per heavy atom. The van der Waals surface area contributed by atoms with Gasteiger partial charge in [-0.1, -0.05) is 12.1 Å². The quantitative estimate of drug-likeness (QED) is 0.738. The molecule has 20 heavy (non-hydrogen) atoms. The number of hydrogen-bond donors (Lipinski definition) is 3. The molecular formula is C15H15F2NO2. The van der Waals surface area contributed by atoms with Crippen LogP contribution in [0.2, 0.25) is 0 Å². The van der Waals surface area contributed by atoms with Crippen molar-refractivity contribution in [2.24, 2.45) is 0 Å². The monoisotopic (exact) mass is 279 g/mol. The van der Waals surface area contributed by atoms with Gasteiger partial charge in [0.2, 0.25) is 0 Å². The second kappa shape index (κ2) is 6.34. The molecule has 0 saturated heterocycles. The normalized spacial score (nSPS) is 10.7. The van der Waals surface area contributed by atoms with Crippen molar-refractivity contribution < 1.29 is 19.0 Å². The lowest BCUT2D eigenvalue weighted by Gasteiger charge is -2.07. The molecule has 3 N–H and O–H groups in total. The van der Waals surface area contributed by atoms with Gasteiger partial charge in [-0.25, -0.2) is 8.78 Å². The molecule has 0 atom stereocenters. The van der Waals surface area contributed by atoms with Crippen molar-refractivity contribution in [2.45, 2.75) is 13.0 Å². The highest BCUT2D eigenvalue weighted by atomic mass is 19.1. The fourth-order valence-corrected chi connectivity index (χ4v) is 1.85. The van der Waals surface area contributed by atoms with Crippen LogP contribution in [-0.4, -0.2) is 16.8 Å². The first kappa shape index (κ1) is 14.3. The number of hydrogen-bond acceptors (Lipinski definition) is 3. The Hall–Kier alpha value is -2.14. The summed E-state index contributed by atoms with van der Waals surface area (Å²) in [7, 11) is 0. The van der Waals surface area contributed by atoms with Crippen LogP contribution in [0.25, 0.3) is 0 Å². The standard InChI is InChI=1S/C15H15F2NO2/c16-13-7-11(8-14(17)15(13)20)9-18-6-5-10-1-3-12(19)4-2-10/h1-4,7-8,18-20H,5-6,9H2. The zero-order valence-electron chi connectivity index (χ0n) is 10.7. The van der Waals surface area contributed by atoms with Gasteiger partial charge in [-0.15, -0.1) is 0 Å². The van der Waals surface area contributed by atoms with E-state index < -0.39 is 17.4 Å². The first-order valence-electron chi connectivity index (χ1n) is 6.22. The third-order valence-corrected chi connectivity index (χ3v) is 2.93. The molecule has 2 aromatic carbocycles. The topological polar surface area (TPSA) is 52.5 Å². The van der Waals surface area contributed by atoms with E-state index >= 15 is 0 Å². The van der Waals surface area contributed by atoms with Crippen molar-refractivity contribution in [3.05, 3.63) is 59.2 Å². The van der Waals surface area contributed by atoms with Gasteiger partial charge in [0.25, 0.3) is 0 Å². The van der Waals surface area contributed by atoms with Crippen LogP contribution in [0, 0.1) is 11.6 Å². The van der Waals surface area contributed by atoms with Gasteiger partial charge in [-0.2, -0.15) is 0 Å². The molecule has 0 heterocycles. The minimum absolute atomic E-state index is 0.219. The maximum absolute atomic E-state index is 13.1. The first-order valence-corrected chi connectivity index (χ1v) is 6.22. The van der Waals surface area contributed by atoms with Crippen LogP contribution in [0.15, 0.2) is 36.4 Å². The Kier molecular flexibility index (Phi) is 4.53. The summed E-state index contributed by atoms with van der Waals surface area (Å²) in [5.41, 5.74) is 1.49. The van der Waals surface area contributed by atoms with Crippen LogP contribution in [0.1, 0.15) is 11.1 Å². The number of nitrogens with one attached hydrogen (secondary N) is 1. The molecule has 106 valence electrons.